The first-order valence-corrected chi connectivity index (χ1v) is 11.2. The Morgan fingerprint density at radius 1 is 1.10 bits per heavy atom. The van der Waals surface area contributed by atoms with Gasteiger partial charge in [0.05, 0.1) is 11.4 Å². The van der Waals surface area contributed by atoms with Crippen LogP contribution >= 0.6 is 22.9 Å². The average molecular weight is 451 g/mol. The topological polar surface area (TPSA) is 50.2 Å². The fraction of sp³-hybridized carbons (Fsp3) is 0.167. The maximum atomic E-state index is 12.5. The van der Waals surface area contributed by atoms with Crippen LogP contribution in [0.3, 0.4) is 0 Å². The number of halogens is 1. The molecular formula is C24H23ClN4OS. The van der Waals surface area contributed by atoms with Crippen molar-refractivity contribution in [2.45, 2.75) is 13.1 Å². The molecule has 4 rings (SSSR count). The van der Waals surface area contributed by atoms with Crippen molar-refractivity contribution in [3.05, 3.63) is 82.8 Å². The van der Waals surface area contributed by atoms with E-state index >= 15 is 0 Å². The van der Waals surface area contributed by atoms with Crippen LogP contribution in [-0.4, -0.2) is 29.6 Å². The summed E-state index contributed by atoms with van der Waals surface area (Å²) in [4.78, 5) is 19.3. The van der Waals surface area contributed by atoms with Gasteiger partial charge in [0, 0.05) is 48.5 Å². The average Bonchev–Trinajstić information content (AvgIpc) is 3.42. The lowest BCUT2D eigenvalue weighted by atomic mass is 10.2. The number of nitrogens with zero attached hydrogens (tertiary/aromatic N) is 3. The third-order valence-corrected chi connectivity index (χ3v) is 6.07. The first-order valence-electron chi connectivity index (χ1n) is 9.89. The minimum absolute atomic E-state index is 0.0383. The van der Waals surface area contributed by atoms with Gasteiger partial charge in [0.25, 0.3) is 0 Å². The Hall–Kier alpha value is -3.09. The quantitative estimate of drug-likeness (QED) is 0.415. The molecule has 0 unspecified atom stereocenters. The standard InChI is InChI=1S/C24H23ClN4OS/c1-28(2)20-11-5-17(6-12-20)14-26-23(30)15-29-13-3-4-22(29)24-27-21(16-31-24)18-7-9-19(25)10-8-18/h3-13,16H,14-15H2,1-2H3,(H,26,30). The summed E-state index contributed by atoms with van der Waals surface area (Å²) in [5, 5.41) is 6.60. The molecule has 158 valence electrons. The van der Waals surface area contributed by atoms with Gasteiger partial charge in [-0.3, -0.25) is 4.79 Å². The minimum Gasteiger partial charge on any atom is -0.378 e. The highest BCUT2D eigenvalue weighted by Gasteiger charge is 2.12. The Morgan fingerprint density at radius 3 is 2.55 bits per heavy atom. The monoisotopic (exact) mass is 450 g/mol. The Morgan fingerprint density at radius 2 is 1.84 bits per heavy atom. The number of benzene rings is 2. The summed E-state index contributed by atoms with van der Waals surface area (Å²) >= 11 is 7.54. The zero-order chi connectivity index (χ0) is 21.8. The SMILES string of the molecule is CN(C)c1ccc(CNC(=O)Cn2cccc2-c2nc(-c3ccc(Cl)cc3)cs2)cc1. The van der Waals surface area contributed by atoms with Gasteiger partial charge in [0.2, 0.25) is 5.91 Å². The van der Waals surface area contributed by atoms with Crippen LogP contribution in [0.5, 0.6) is 0 Å². The van der Waals surface area contributed by atoms with Crippen LogP contribution in [0.15, 0.2) is 72.2 Å². The smallest absolute Gasteiger partial charge is 0.240 e. The molecule has 5 nitrogen and oxygen atoms in total. The lowest BCUT2D eigenvalue weighted by Crippen LogP contribution is -2.27. The third-order valence-electron chi connectivity index (χ3n) is 4.95. The summed E-state index contributed by atoms with van der Waals surface area (Å²) in [6.45, 7) is 0.745. The molecule has 0 fully saturated rings. The molecule has 0 radical (unpaired) electrons. The van der Waals surface area contributed by atoms with Crippen LogP contribution in [-0.2, 0) is 17.9 Å². The lowest BCUT2D eigenvalue weighted by Gasteiger charge is -2.13. The summed E-state index contributed by atoms with van der Waals surface area (Å²) in [6.07, 6.45) is 1.91. The molecule has 7 heteroatoms. The number of carbonyl (C=O) groups is 1. The van der Waals surface area contributed by atoms with Crippen molar-refractivity contribution in [2.24, 2.45) is 0 Å². The number of thiazole rings is 1. The minimum atomic E-state index is -0.0383. The van der Waals surface area contributed by atoms with Crippen LogP contribution in [0.2, 0.25) is 5.02 Å². The summed E-state index contributed by atoms with van der Waals surface area (Å²) in [7, 11) is 4.01. The largest absolute Gasteiger partial charge is 0.378 e. The van der Waals surface area contributed by atoms with Gasteiger partial charge in [-0.1, -0.05) is 35.9 Å². The highest BCUT2D eigenvalue weighted by Crippen LogP contribution is 2.29. The molecule has 2 heterocycles. The molecule has 4 aromatic rings. The van der Waals surface area contributed by atoms with Gasteiger partial charge in [-0.05, 0) is 42.0 Å². The highest BCUT2D eigenvalue weighted by molar-refractivity contribution is 7.13. The van der Waals surface area contributed by atoms with Gasteiger partial charge in [-0.25, -0.2) is 4.98 Å². The van der Waals surface area contributed by atoms with Crippen molar-refractivity contribution in [3.63, 3.8) is 0 Å². The summed E-state index contributed by atoms with van der Waals surface area (Å²) in [5.74, 6) is -0.0383. The van der Waals surface area contributed by atoms with Crippen molar-refractivity contribution in [1.29, 1.82) is 0 Å². The summed E-state index contributed by atoms with van der Waals surface area (Å²) in [5.41, 5.74) is 5.04. The molecule has 0 spiro atoms. The molecule has 31 heavy (non-hydrogen) atoms. The predicted octanol–water partition coefficient (Wildman–Crippen LogP) is 5.31. The maximum absolute atomic E-state index is 12.5. The van der Waals surface area contributed by atoms with E-state index in [1.165, 1.54) is 0 Å². The van der Waals surface area contributed by atoms with Crippen molar-refractivity contribution in [3.8, 4) is 22.0 Å². The molecule has 0 aliphatic rings. The highest BCUT2D eigenvalue weighted by atomic mass is 35.5. The Labute approximate surface area is 190 Å². The summed E-state index contributed by atoms with van der Waals surface area (Å²) in [6, 6.07) is 19.7. The third kappa shape index (κ3) is 5.16. The molecule has 0 saturated heterocycles. The van der Waals surface area contributed by atoms with E-state index in [1.807, 2.05) is 95.8 Å². The van der Waals surface area contributed by atoms with Crippen LogP contribution in [0.1, 0.15) is 5.56 Å². The molecule has 0 aliphatic heterocycles. The van der Waals surface area contributed by atoms with Crippen LogP contribution in [0.4, 0.5) is 5.69 Å². The lowest BCUT2D eigenvalue weighted by molar-refractivity contribution is -0.121. The molecule has 1 amide bonds. The molecule has 0 atom stereocenters. The van der Waals surface area contributed by atoms with E-state index in [2.05, 4.69) is 5.32 Å². The Bertz CT molecular complexity index is 1160. The first-order chi connectivity index (χ1) is 15.0. The number of rotatable bonds is 7. The van der Waals surface area contributed by atoms with E-state index < -0.39 is 0 Å². The Balaban J connectivity index is 1.40. The first kappa shape index (κ1) is 21.2. The second kappa shape index (κ2) is 9.37. The van der Waals surface area contributed by atoms with Gasteiger partial charge < -0.3 is 14.8 Å². The van der Waals surface area contributed by atoms with Crippen molar-refractivity contribution < 1.29 is 4.79 Å². The number of nitrogens with one attached hydrogen (secondary N) is 1. The molecule has 2 aromatic carbocycles. The molecule has 0 saturated carbocycles. The fourth-order valence-corrected chi connectivity index (χ4v) is 4.21. The maximum Gasteiger partial charge on any atom is 0.240 e. The van der Waals surface area contributed by atoms with E-state index in [4.69, 9.17) is 16.6 Å². The number of anilines is 1. The molecular weight excluding hydrogens is 428 g/mol. The number of carbonyl (C=O) groups excluding carboxylic acids is 1. The van der Waals surface area contributed by atoms with E-state index in [9.17, 15) is 4.79 Å². The van der Waals surface area contributed by atoms with Gasteiger partial charge >= 0.3 is 0 Å². The van der Waals surface area contributed by atoms with E-state index in [0.717, 1.165) is 33.2 Å². The number of hydrogen-bond donors (Lipinski definition) is 1. The second-order valence-electron chi connectivity index (χ2n) is 7.40. The molecule has 0 bridgehead atoms. The van der Waals surface area contributed by atoms with E-state index in [-0.39, 0.29) is 12.5 Å². The van der Waals surface area contributed by atoms with E-state index in [1.54, 1.807) is 11.3 Å². The van der Waals surface area contributed by atoms with Crippen molar-refractivity contribution >= 4 is 34.5 Å². The van der Waals surface area contributed by atoms with Crippen LogP contribution < -0.4 is 10.2 Å². The van der Waals surface area contributed by atoms with Crippen LogP contribution in [0.25, 0.3) is 22.0 Å². The molecule has 2 aromatic heterocycles. The summed E-state index contributed by atoms with van der Waals surface area (Å²) < 4.78 is 1.93. The van der Waals surface area contributed by atoms with E-state index in [0.29, 0.717) is 11.6 Å². The second-order valence-corrected chi connectivity index (χ2v) is 8.70. The van der Waals surface area contributed by atoms with Gasteiger partial charge in [0.15, 0.2) is 0 Å². The molecule has 0 aliphatic carbocycles. The van der Waals surface area contributed by atoms with Gasteiger partial charge in [0.1, 0.15) is 11.6 Å². The predicted molar refractivity (Wildman–Crippen MR) is 129 cm³/mol. The van der Waals surface area contributed by atoms with Crippen molar-refractivity contribution in [1.82, 2.24) is 14.9 Å². The fourth-order valence-electron chi connectivity index (χ4n) is 3.21. The number of amides is 1. The van der Waals surface area contributed by atoms with Gasteiger partial charge in [-0.15, -0.1) is 11.3 Å². The van der Waals surface area contributed by atoms with Crippen LogP contribution in [0, 0.1) is 0 Å². The van der Waals surface area contributed by atoms with Crippen molar-refractivity contribution in [2.75, 3.05) is 19.0 Å². The number of aromatic nitrogens is 2. The normalized spacial score (nSPS) is 10.8. The Kier molecular flexibility index (Phi) is 6.39. The zero-order valence-electron chi connectivity index (χ0n) is 17.4. The number of hydrogen-bond acceptors (Lipinski definition) is 4. The zero-order valence-corrected chi connectivity index (χ0v) is 19.0. The van der Waals surface area contributed by atoms with Gasteiger partial charge in [-0.2, -0.15) is 0 Å². The molecule has 1 N–H and O–H groups in total.